The maximum Gasteiger partial charge on any atom is 0.335 e. The van der Waals surface area contributed by atoms with E-state index in [1.807, 2.05) is 22.6 Å². The maximum absolute atomic E-state index is 11.8. The summed E-state index contributed by atoms with van der Waals surface area (Å²) in [6.45, 7) is 7.46. The van der Waals surface area contributed by atoms with Crippen LogP contribution in [-0.2, 0) is 16.1 Å². The molecule has 1 aromatic rings. The maximum atomic E-state index is 11.8. The Kier molecular flexibility index (Phi) is 4.86. The summed E-state index contributed by atoms with van der Waals surface area (Å²) in [5, 5.41) is 0. The minimum absolute atomic E-state index is 0.0982. The van der Waals surface area contributed by atoms with E-state index in [0.717, 1.165) is 0 Å². The van der Waals surface area contributed by atoms with Crippen LogP contribution in [-0.4, -0.2) is 22.1 Å². The van der Waals surface area contributed by atoms with Gasteiger partial charge >= 0.3 is 5.97 Å². The zero-order valence-electron chi connectivity index (χ0n) is 9.70. The SMILES string of the molecule is C=C(Cn1cnc(C)c(I)c1=O)C(=O)OCC. The van der Waals surface area contributed by atoms with Gasteiger partial charge in [0.1, 0.15) is 0 Å². The number of hydrogen-bond acceptors (Lipinski definition) is 4. The number of esters is 1. The van der Waals surface area contributed by atoms with Gasteiger partial charge in [-0.3, -0.25) is 9.36 Å². The van der Waals surface area contributed by atoms with Crippen LogP contribution < -0.4 is 5.56 Å². The number of aromatic nitrogens is 2. The second-order valence-electron chi connectivity index (χ2n) is 3.40. The van der Waals surface area contributed by atoms with Crippen molar-refractivity contribution in [1.82, 2.24) is 9.55 Å². The normalized spacial score (nSPS) is 10.1. The van der Waals surface area contributed by atoms with Gasteiger partial charge in [0.2, 0.25) is 0 Å². The number of rotatable bonds is 4. The molecule has 6 heteroatoms. The van der Waals surface area contributed by atoms with Gasteiger partial charge in [0.05, 0.1) is 28.7 Å². The molecule has 0 aliphatic carbocycles. The molecule has 0 aliphatic heterocycles. The van der Waals surface area contributed by atoms with Crippen LogP contribution in [0, 0.1) is 10.5 Å². The Hall–Kier alpha value is -1.18. The van der Waals surface area contributed by atoms with Gasteiger partial charge in [0, 0.05) is 5.57 Å². The topological polar surface area (TPSA) is 61.2 Å². The van der Waals surface area contributed by atoms with E-state index in [9.17, 15) is 9.59 Å². The molecule has 0 aromatic carbocycles. The van der Waals surface area contributed by atoms with Gasteiger partial charge in [-0.05, 0) is 36.4 Å². The Morgan fingerprint density at radius 3 is 2.88 bits per heavy atom. The highest BCUT2D eigenvalue weighted by molar-refractivity contribution is 14.1. The molecule has 1 aromatic heterocycles. The van der Waals surface area contributed by atoms with Crippen LogP contribution in [0.3, 0.4) is 0 Å². The molecule has 1 heterocycles. The fraction of sp³-hybridized carbons (Fsp3) is 0.364. The second-order valence-corrected chi connectivity index (χ2v) is 4.48. The summed E-state index contributed by atoms with van der Waals surface area (Å²) in [5.41, 5.74) is 0.729. The Morgan fingerprint density at radius 1 is 1.65 bits per heavy atom. The zero-order valence-corrected chi connectivity index (χ0v) is 11.9. The number of carbonyl (C=O) groups is 1. The summed E-state index contributed by atoms with van der Waals surface area (Å²) >= 11 is 1.93. The van der Waals surface area contributed by atoms with E-state index in [2.05, 4.69) is 11.6 Å². The van der Waals surface area contributed by atoms with Crippen molar-refractivity contribution in [2.24, 2.45) is 0 Å². The summed E-state index contributed by atoms with van der Waals surface area (Å²) in [6.07, 6.45) is 1.41. The van der Waals surface area contributed by atoms with E-state index >= 15 is 0 Å². The van der Waals surface area contributed by atoms with Crippen LogP contribution in [0.1, 0.15) is 12.6 Å². The van der Waals surface area contributed by atoms with Crippen molar-refractivity contribution in [3.8, 4) is 0 Å². The molecule has 0 saturated carbocycles. The number of nitrogens with zero attached hydrogens (tertiary/aromatic N) is 2. The average molecular weight is 348 g/mol. The lowest BCUT2D eigenvalue weighted by Crippen LogP contribution is -2.26. The highest BCUT2D eigenvalue weighted by atomic mass is 127. The first-order chi connectivity index (χ1) is 7.97. The van der Waals surface area contributed by atoms with Crippen molar-refractivity contribution in [3.05, 3.63) is 38.1 Å². The van der Waals surface area contributed by atoms with Crippen molar-refractivity contribution in [2.75, 3.05) is 6.61 Å². The number of carbonyl (C=O) groups excluding carboxylic acids is 1. The Balaban J connectivity index is 2.90. The number of halogens is 1. The standard InChI is InChI=1S/C11H13IN2O3/c1-4-17-11(16)7(2)5-14-6-13-8(3)9(12)10(14)15/h6H,2,4-5H2,1,3H3. The van der Waals surface area contributed by atoms with E-state index in [4.69, 9.17) is 4.74 Å². The predicted molar refractivity (Wildman–Crippen MR) is 71.7 cm³/mol. The smallest absolute Gasteiger partial charge is 0.335 e. The van der Waals surface area contributed by atoms with E-state index in [1.54, 1.807) is 13.8 Å². The largest absolute Gasteiger partial charge is 0.463 e. The highest BCUT2D eigenvalue weighted by Gasteiger charge is 2.11. The molecule has 5 nitrogen and oxygen atoms in total. The molecule has 0 spiro atoms. The van der Waals surface area contributed by atoms with Crippen molar-refractivity contribution in [1.29, 1.82) is 0 Å². The van der Waals surface area contributed by atoms with Gasteiger partial charge < -0.3 is 4.74 Å². The third kappa shape index (κ3) is 3.39. The zero-order chi connectivity index (χ0) is 13.0. The van der Waals surface area contributed by atoms with Crippen LogP contribution in [0.15, 0.2) is 23.3 Å². The molecular weight excluding hydrogens is 335 g/mol. The first kappa shape index (κ1) is 13.9. The molecule has 0 unspecified atom stereocenters. The molecule has 0 N–H and O–H groups in total. The number of ether oxygens (including phenoxy) is 1. The highest BCUT2D eigenvalue weighted by Crippen LogP contribution is 2.03. The monoisotopic (exact) mass is 348 g/mol. The van der Waals surface area contributed by atoms with Gasteiger partial charge in [0.15, 0.2) is 0 Å². The van der Waals surface area contributed by atoms with Gasteiger partial charge in [-0.25, -0.2) is 9.78 Å². The number of hydrogen-bond donors (Lipinski definition) is 0. The van der Waals surface area contributed by atoms with Gasteiger partial charge in [0.25, 0.3) is 5.56 Å². The minimum Gasteiger partial charge on any atom is -0.463 e. The van der Waals surface area contributed by atoms with E-state index < -0.39 is 5.97 Å². The third-order valence-electron chi connectivity index (χ3n) is 2.08. The van der Waals surface area contributed by atoms with Gasteiger partial charge in [-0.1, -0.05) is 6.58 Å². The molecule has 0 saturated heterocycles. The van der Waals surface area contributed by atoms with E-state index in [-0.39, 0.29) is 24.3 Å². The number of aryl methyl sites for hydroxylation is 1. The van der Waals surface area contributed by atoms with E-state index in [0.29, 0.717) is 9.26 Å². The molecule has 0 bridgehead atoms. The molecule has 17 heavy (non-hydrogen) atoms. The fourth-order valence-electron chi connectivity index (χ4n) is 1.16. The Labute approximate surface area is 113 Å². The van der Waals surface area contributed by atoms with Crippen LogP contribution >= 0.6 is 22.6 Å². The van der Waals surface area contributed by atoms with Crippen LogP contribution in [0.4, 0.5) is 0 Å². The first-order valence-corrected chi connectivity index (χ1v) is 6.11. The second kappa shape index (κ2) is 5.95. The van der Waals surface area contributed by atoms with Crippen molar-refractivity contribution >= 4 is 28.6 Å². The Bertz CT molecular complexity index is 508. The first-order valence-electron chi connectivity index (χ1n) is 5.03. The molecule has 0 atom stereocenters. The summed E-state index contributed by atoms with van der Waals surface area (Å²) in [4.78, 5) is 27.2. The van der Waals surface area contributed by atoms with Crippen LogP contribution in [0.2, 0.25) is 0 Å². The summed E-state index contributed by atoms with van der Waals surface area (Å²) in [5.74, 6) is -0.491. The summed E-state index contributed by atoms with van der Waals surface area (Å²) in [7, 11) is 0. The van der Waals surface area contributed by atoms with Gasteiger partial charge in [-0.15, -0.1) is 0 Å². The predicted octanol–water partition coefficient (Wildman–Crippen LogP) is 1.28. The van der Waals surface area contributed by atoms with Crippen LogP contribution in [0.5, 0.6) is 0 Å². The molecule has 0 radical (unpaired) electrons. The molecule has 1 rings (SSSR count). The van der Waals surface area contributed by atoms with Crippen molar-refractivity contribution in [2.45, 2.75) is 20.4 Å². The quantitative estimate of drug-likeness (QED) is 0.467. The van der Waals surface area contributed by atoms with Crippen molar-refractivity contribution in [3.63, 3.8) is 0 Å². The molecular formula is C11H13IN2O3. The van der Waals surface area contributed by atoms with Crippen LogP contribution in [0.25, 0.3) is 0 Å². The fourth-order valence-corrected chi connectivity index (χ4v) is 1.61. The molecule has 0 aliphatic rings. The lowest BCUT2D eigenvalue weighted by Gasteiger charge is -2.08. The average Bonchev–Trinajstić information content (AvgIpc) is 2.30. The van der Waals surface area contributed by atoms with E-state index in [1.165, 1.54) is 10.9 Å². The molecule has 92 valence electrons. The lowest BCUT2D eigenvalue weighted by molar-refractivity contribution is -0.138. The minimum atomic E-state index is -0.491. The van der Waals surface area contributed by atoms with Gasteiger partial charge in [-0.2, -0.15) is 0 Å². The summed E-state index contributed by atoms with van der Waals surface area (Å²) in [6, 6.07) is 0. The van der Waals surface area contributed by atoms with Crippen molar-refractivity contribution < 1.29 is 9.53 Å². The Morgan fingerprint density at radius 2 is 2.29 bits per heavy atom. The molecule has 0 fully saturated rings. The summed E-state index contributed by atoms with van der Waals surface area (Å²) < 4.78 is 6.68. The third-order valence-corrected chi connectivity index (χ3v) is 3.32. The lowest BCUT2D eigenvalue weighted by atomic mass is 10.3. The molecule has 0 amide bonds.